The number of alkyl halides is 3. The van der Waals surface area contributed by atoms with Gasteiger partial charge in [-0.1, -0.05) is 13.8 Å². The highest BCUT2D eigenvalue weighted by Crippen LogP contribution is 2.43. The first-order valence-electron chi connectivity index (χ1n) is 15.7. The topological polar surface area (TPSA) is 114 Å². The second kappa shape index (κ2) is 11.6. The lowest BCUT2D eigenvalue weighted by molar-refractivity contribution is -0.138. The Balaban J connectivity index is 1.27. The molecule has 13 heteroatoms. The van der Waals surface area contributed by atoms with E-state index in [2.05, 4.69) is 34.3 Å². The van der Waals surface area contributed by atoms with Crippen molar-refractivity contribution in [2.45, 2.75) is 39.5 Å². The summed E-state index contributed by atoms with van der Waals surface area (Å²) >= 11 is 0. The zero-order chi connectivity index (χ0) is 33.1. The molecule has 0 saturated carbocycles. The number of nitrogen functional groups attached to an aromatic ring is 1. The molecule has 3 N–H and O–H groups in total. The van der Waals surface area contributed by atoms with Gasteiger partial charge < -0.3 is 20.4 Å². The van der Waals surface area contributed by atoms with Crippen LogP contribution < -0.4 is 16.0 Å². The first-order valence-corrected chi connectivity index (χ1v) is 15.7. The van der Waals surface area contributed by atoms with Gasteiger partial charge in [0.2, 0.25) is 0 Å². The maximum Gasteiger partial charge on any atom is 0.416 e. The largest absolute Gasteiger partial charge is 0.416 e. The molecule has 2 fully saturated rings. The fourth-order valence-corrected chi connectivity index (χ4v) is 6.90. The quantitative estimate of drug-likeness (QED) is 0.238. The number of nitrogens with two attached hydrogens (primary N) is 1. The summed E-state index contributed by atoms with van der Waals surface area (Å²) in [6.07, 6.45) is -2.07. The van der Waals surface area contributed by atoms with Crippen LogP contribution in [0.3, 0.4) is 0 Å². The standard InChI is InChI=1S/C34H37F3N8O2/c1-20(2)13-39-29-10-22(25-12-23(38)4-5-24(25)31-42-40-19-43(31)3)11-30(41-29)45-15-27-26(32(45)46)8-21(9-28(27)34(35,36)37)14-44-16-33(17-44)6-7-47-18-33/h4-5,8-12,19-20H,6-7,13-18,38H2,1-3H3,(H,39,41). The molecular formula is C34H37F3N8O2. The SMILES string of the molecule is CC(C)CNc1cc(-c2cc(N)ccc2-c2nncn2C)cc(N2Cc3c(cc(CN4CC5(CCOC5)C4)cc3C(F)(F)F)C2=O)n1. The molecule has 2 aromatic heterocycles. The van der Waals surface area contributed by atoms with Crippen molar-refractivity contribution in [1.29, 1.82) is 0 Å². The Labute approximate surface area is 270 Å². The molecule has 3 aliphatic heterocycles. The summed E-state index contributed by atoms with van der Waals surface area (Å²) in [6, 6.07) is 11.8. The van der Waals surface area contributed by atoms with E-state index in [1.165, 1.54) is 11.0 Å². The van der Waals surface area contributed by atoms with Crippen LogP contribution in [0.2, 0.25) is 0 Å². The molecule has 246 valence electrons. The summed E-state index contributed by atoms with van der Waals surface area (Å²) in [7, 11) is 1.83. The number of hydrogen-bond donors (Lipinski definition) is 2. The maximum atomic E-state index is 14.5. The number of amides is 1. The van der Waals surface area contributed by atoms with Gasteiger partial charge in [0.25, 0.3) is 5.91 Å². The number of nitrogens with one attached hydrogen (secondary N) is 1. The maximum absolute atomic E-state index is 14.5. The minimum absolute atomic E-state index is 0.0388. The lowest BCUT2D eigenvalue weighted by atomic mass is 9.79. The number of hydrogen-bond acceptors (Lipinski definition) is 8. The molecule has 47 heavy (non-hydrogen) atoms. The molecule has 1 amide bonds. The molecule has 7 rings (SSSR count). The van der Waals surface area contributed by atoms with E-state index in [1.54, 1.807) is 29.1 Å². The number of aromatic nitrogens is 4. The average molecular weight is 647 g/mol. The van der Waals surface area contributed by atoms with Crippen molar-refractivity contribution in [1.82, 2.24) is 24.6 Å². The van der Waals surface area contributed by atoms with Gasteiger partial charge >= 0.3 is 6.18 Å². The fraction of sp³-hybridized carbons (Fsp3) is 0.412. The first kappa shape index (κ1) is 31.1. The smallest absolute Gasteiger partial charge is 0.399 e. The Bertz CT molecular complexity index is 1840. The number of carbonyl (C=O) groups is 1. The molecule has 10 nitrogen and oxygen atoms in total. The number of carbonyl (C=O) groups excluding carboxylic acids is 1. The molecule has 3 aliphatic rings. The summed E-state index contributed by atoms with van der Waals surface area (Å²) in [5.41, 5.74) is 8.70. The monoisotopic (exact) mass is 646 g/mol. The molecule has 0 atom stereocenters. The number of pyridine rings is 1. The molecule has 0 bridgehead atoms. The molecule has 0 aliphatic carbocycles. The van der Waals surface area contributed by atoms with Crippen LogP contribution in [-0.2, 0) is 31.1 Å². The van der Waals surface area contributed by atoms with Crippen LogP contribution in [0, 0.1) is 11.3 Å². The Hall–Kier alpha value is -4.49. The van der Waals surface area contributed by atoms with Gasteiger partial charge in [-0.25, -0.2) is 4.98 Å². The molecule has 4 aromatic rings. The summed E-state index contributed by atoms with van der Waals surface area (Å²) in [6.45, 7) is 7.75. The van der Waals surface area contributed by atoms with E-state index in [9.17, 15) is 18.0 Å². The van der Waals surface area contributed by atoms with E-state index < -0.39 is 17.6 Å². The number of aryl methyl sites for hydroxylation is 1. The van der Waals surface area contributed by atoms with E-state index in [0.29, 0.717) is 54.1 Å². The van der Waals surface area contributed by atoms with E-state index >= 15 is 0 Å². The number of rotatable bonds is 8. The third-order valence-electron chi connectivity index (χ3n) is 9.20. The lowest BCUT2D eigenvalue weighted by Gasteiger charge is -2.47. The Kier molecular flexibility index (Phi) is 7.71. The van der Waals surface area contributed by atoms with Crippen LogP contribution in [0.5, 0.6) is 0 Å². The highest BCUT2D eigenvalue weighted by molar-refractivity contribution is 6.10. The van der Waals surface area contributed by atoms with Crippen molar-refractivity contribution < 1.29 is 22.7 Å². The van der Waals surface area contributed by atoms with Gasteiger partial charge in [0.05, 0.1) is 18.7 Å². The molecule has 1 spiro atoms. The molecule has 0 radical (unpaired) electrons. The third kappa shape index (κ3) is 5.93. The average Bonchev–Trinajstić information content (AvgIpc) is 3.74. The lowest BCUT2D eigenvalue weighted by Crippen LogP contribution is -2.56. The van der Waals surface area contributed by atoms with Gasteiger partial charge in [-0.2, -0.15) is 13.2 Å². The Morgan fingerprint density at radius 3 is 2.57 bits per heavy atom. The molecule has 0 unspecified atom stereocenters. The predicted octanol–water partition coefficient (Wildman–Crippen LogP) is 5.60. The predicted molar refractivity (Wildman–Crippen MR) is 173 cm³/mol. The summed E-state index contributed by atoms with van der Waals surface area (Å²) < 4.78 is 50.9. The first-order chi connectivity index (χ1) is 22.4. The number of fused-ring (bicyclic) bond motifs is 1. The zero-order valence-corrected chi connectivity index (χ0v) is 26.6. The van der Waals surface area contributed by atoms with E-state index in [1.807, 2.05) is 25.2 Å². The Morgan fingerprint density at radius 1 is 1.09 bits per heavy atom. The van der Waals surface area contributed by atoms with Crippen molar-refractivity contribution in [2.24, 2.45) is 18.4 Å². The third-order valence-corrected chi connectivity index (χ3v) is 9.20. The summed E-state index contributed by atoms with van der Waals surface area (Å²) in [5.74, 6) is 1.11. The van der Waals surface area contributed by atoms with Crippen LogP contribution in [0.15, 0.2) is 48.8 Å². The second-order valence-corrected chi connectivity index (χ2v) is 13.5. The number of halogens is 3. The van der Waals surface area contributed by atoms with Gasteiger partial charge in [-0.15, -0.1) is 10.2 Å². The van der Waals surface area contributed by atoms with Crippen molar-refractivity contribution in [2.75, 3.05) is 48.8 Å². The van der Waals surface area contributed by atoms with Crippen molar-refractivity contribution in [3.8, 4) is 22.5 Å². The van der Waals surface area contributed by atoms with Gasteiger partial charge in [0.15, 0.2) is 5.82 Å². The van der Waals surface area contributed by atoms with Crippen LogP contribution >= 0.6 is 0 Å². The van der Waals surface area contributed by atoms with Crippen molar-refractivity contribution in [3.63, 3.8) is 0 Å². The van der Waals surface area contributed by atoms with Crippen molar-refractivity contribution >= 4 is 23.2 Å². The summed E-state index contributed by atoms with van der Waals surface area (Å²) in [5, 5.41) is 11.6. The highest BCUT2D eigenvalue weighted by atomic mass is 19.4. The van der Waals surface area contributed by atoms with E-state index in [4.69, 9.17) is 15.5 Å². The van der Waals surface area contributed by atoms with Gasteiger partial charge in [0.1, 0.15) is 18.0 Å². The van der Waals surface area contributed by atoms with Gasteiger partial charge in [0, 0.05) is 62.1 Å². The second-order valence-electron chi connectivity index (χ2n) is 13.5. The molecular weight excluding hydrogens is 609 g/mol. The van der Waals surface area contributed by atoms with E-state index in [0.717, 1.165) is 37.2 Å². The van der Waals surface area contributed by atoms with Crippen LogP contribution in [0.4, 0.5) is 30.5 Å². The summed E-state index contributed by atoms with van der Waals surface area (Å²) in [4.78, 5) is 22.2. The zero-order valence-electron chi connectivity index (χ0n) is 26.6. The minimum Gasteiger partial charge on any atom is -0.399 e. The van der Waals surface area contributed by atoms with E-state index in [-0.39, 0.29) is 28.9 Å². The van der Waals surface area contributed by atoms with Crippen LogP contribution in [0.25, 0.3) is 22.5 Å². The molecule has 2 aromatic carbocycles. The number of likely N-dealkylation sites (tertiary alicyclic amines) is 1. The van der Waals surface area contributed by atoms with Crippen LogP contribution in [-0.4, -0.2) is 63.4 Å². The van der Waals surface area contributed by atoms with Gasteiger partial charge in [-0.05, 0) is 77.1 Å². The van der Waals surface area contributed by atoms with Gasteiger partial charge in [-0.3, -0.25) is 14.6 Å². The number of benzene rings is 2. The molecule has 2 saturated heterocycles. The highest BCUT2D eigenvalue weighted by Gasteiger charge is 2.46. The fourth-order valence-electron chi connectivity index (χ4n) is 6.90. The Morgan fingerprint density at radius 2 is 1.89 bits per heavy atom. The normalized spacial score (nSPS) is 17.5. The number of ether oxygens (including phenoxy) is 1. The number of anilines is 3. The van der Waals surface area contributed by atoms with Crippen LogP contribution in [0.1, 0.15) is 47.3 Å². The minimum atomic E-state index is -4.63. The van der Waals surface area contributed by atoms with Crippen molar-refractivity contribution in [3.05, 3.63) is 71.0 Å². The molecule has 5 heterocycles. The number of nitrogens with zero attached hydrogens (tertiary/aromatic N) is 6.